The smallest absolute Gasteiger partial charge is 0.169 e. The van der Waals surface area contributed by atoms with Crippen LogP contribution in [0.3, 0.4) is 0 Å². The molecule has 15 heavy (non-hydrogen) atoms. The quantitative estimate of drug-likeness (QED) is 0.294. The molecule has 92 valence electrons. The molecular weight excluding hydrogens is 337 g/mol. The summed E-state index contributed by atoms with van der Waals surface area (Å²) in [7, 11) is 0. The zero-order valence-electron chi connectivity index (χ0n) is 7.97. The molecule has 0 aliphatic heterocycles. The molecule has 0 heterocycles. The van der Waals surface area contributed by atoms with Gasteiger partial charge in [-0.05, 0) is 6.42 Å². The maximum absolute atomic E-state index is 12.3. The van der Waals surface area contributed by atoms with Crippen LogP contribution in [0.5, 0.6) is 0 Å². The molecule has 0 rings (SSSR count). The molecule has 0 aromatic heterocycles. The van der Waals surface area contributed by atoms with Gasteiger partial charge in [0.05, 0.1) is 0 Å². The van der Waals surface area contributed by atoms with Gasteiger partial charge in [-0.25, -0.2) is 0 Å². The molecule has 0 aliphatic rings. The lowest BCUT2D eigenvalue weighted by molar-refractivity contribution is -0.259. The second-order valence-electron chi connectivity index (χ2n) is 3.25. The largest absolute Gasteiger partial charge is 0.411 e. The molecule has 0 N–H and O–H groups in total. The normalized spacial score (nSPS) is 14.4. The summed E-state index contributed by atoms with van der Waals surface area (Å²) in [5, 5.41) is 0. The van der Waals surface area contributed by atoms with E-state index in [0.717, 1.165) is 0 Å². The third-order valence-electron chi connectivity index (χ3n) is 2.02. The van der Waals surface area contributed by atoms with Gasteiger partial charge in [0, 0.05) is 0 Å². The zero-order chi connectivity index (χ0) is 12.3. The van der Waals surface area contributed by atoms with Crippen molar-refractivity contribution in [2.75, 3.05) is 0 Å². The highest BCUT2D eigenvalue weighted by molar-refractivity contribution is 14.1. The van der Waals surface area contributed by atoms with Crippen LogP contribution in [-0.2, 0) is 0 Å². The maximum atomic E-state index is 12.3. The van der Waals surface area contributed by atoms with Gasteiger partial charge < -0.3 is 0 Å². The van der Waals surface area contributed by atoms with Gasteiger partial charge in [0.2, 0.25) is 3.42 Å². The summed E-state index contributed by atoms with van der Waals surface area (Å²) in [6.07, 6.45) is -10.5. The molecule has 7 heteroatoms. The minimum atomic E-state index is -5.25. The van der Waals surface area contributed by atoms with E-state index in [1.165, 1.54) is 0 Å². The Labute approximate surface area is 97.5 Å². The van der Waals surface area contributed by atoms with Gasteiger partial charge in [-0.3, -0.25) is 0 Å². The van der Waals surface area contributed by atoms with Gasteiger partial charge >= 0.3 is 12.4 Å². The molecule has 0 aromatic carbocycles. The SMILES string of the molecule is CCCCCC(I)(C(F)(F)F)C(F)(F)F. The fourth-order valence-electron chi connectivity index (χ4n) is 1.06. The van der Waals surface area contributed by atoms with Crippen LogP contribution >= 0.6 is 22.6 Å². The summed E-state index contributed by atoms with van der Waals surface area (Å²) in [4.78, 5) is 0. The highest BCUT2D eigenvalue weighted by atomic mass is 127. The number of halogens is 7. The van der Waals surface area contributed by atoms with E-state index in [2.05, 4.69) is 0 Å². The summed E-state index contributed by atoms with van der Waals surface area (Å²) < 4.78 is 70.2. The maximum Gasteiger partial charge on any atom is 0.411 e. The van der Waals surface area contributed by atoms with Crippen molar-refractivity contribution < 1.29 is 26.3 Å². The zero-order valence-corrected chi connectivity index (χ0v) is 10.1. The number of alkyl halides is 7. The van der Waals surface area contributed by atoms with Gasteiger partial charge in [-0.1, -0.05) is 48.8 Å². The molecule has 0 unspecified atom stereocenters. The Morgan fingerprint density at radius 2 is 1.27 bits per heavy atom. The van der Waals surface area contributed by atoms with E-state index in [-0.39, 0.29) is 6.42 Å². The molecule has 0 amide bonds. The van der Waals surface area contributed by atoms with E-state index >= 15 is 0 Å². The topological polar surface area (TPSA) is 0 Å². The third kappa shape index (κ3) is 3.67. The lowest BCUT2D eigenvalue weighted by Gasteiger charge is -2.32. The van der Waals surface area contributed by atoms with Crippen LogP contribution in [0.4, 0.5) is 26.3 Å². The van der Waals surface area contributed by atoms with Crippen LogP contribution in [0.2, 0.25) is 0 Å². The van der Waals surface area contributed by atoms with E-state index in [4.69, 9.17) is 0 Å². The number of unbranched alkanes of at least 4 members (excludes halogenated alkanes) is 2. The molecule has 0 atom stereocenters. The van der Waals surface area contributed by atoms with Gasteiger partial charge in [-0.2, -0.15) is 26.3 Å². The standard InChI is InChI=1S/C8H11F6I/c1-2-3-4-5-6(15,7(9,10)11)8(12,13)14/h2-5H2,1H3. The average Bonchev–Trinajstić information content (AvgIpc) is 2.00. The van der Waals surface area contributed by atoms with Crippen LogP contribution in [0.1, 0.15) is 32.6 Å². The first-order chi connectivity index (χ1) is 6.56. The van der Waals surface area contributed by atoms with E-state index in [9.17, 15) is 26.3 Å². The number of hydrogen-bond donors (Lipinski definition) is 0. The van der Waals surface area contributed by atoms with Crippen LogP contribution < -0.4 is 0 Å². The van der Waals surface area contributed by atoms with Crippen molar-refractivity contribution in [3.8, 4) is 0 Å². The minimum absolute atomic E-state index is 0.0710. The molecule has 0 aromatic rings. The molecule has 0 aliphatic carbocycles. The van der Waals surface area contributed by atoms with Crippen LogP contribution in [0.25, 0.3) is 0 Å². The average molecular weight is 348 g/mol. The van der Waals surface area contributed by atoms with E-state index in [0.29, 0.717) is 35.4 Å². The Morgan fingerprint density at radius 1 is 0.867 bits per heavy atom. The van der Waals surface area contributed by atoms with Crippen molar-refractivity contribution in [3.05, 3.63) is 0 Å². The van der Waals surface area contributed by atoms with E-state index < -0.39 is 22.2 Å². The van der Waals surface area contributed by atoms with Crippen molar-refractivity contribution in [1.29, 1.82) is 0 Å². The monoisotopic (exact) mass is 348 g/mol. The van der Waals surface area contributed by atoms with Crippen molar-refractivity contribution in [2.45, 2.75) is 48.4 Å². The van der Waals surface area contributed by atoms with E-state index in [1.807, 2.05) is 0 Å². The summed E-state index contributed by atoms with van der Waals surface area (Å²) in [6.45, 7) is 1.72. The predicted molar refractivity (Wildman–Crippen MR) is 53.0 cm³/mol. The van der Waals surface area contributed by atoms with Crippen molar-refractivity contribution in [3.63, 3.8) is 0 Å². The second-order valence-corrected chi connectivity index (χ2v) is 5.10. The molecule has 0 saturated heterocycles. The number of rotatable bonds is 4. The molecule has 0 saturated carbocycles. The van der Waals surface area contributed by atoms with Crippen LogP contribution in [0, 0.1) is 0 Å². The first-order valence-corrected chi connectivity index (χ1v) is 5.46. The van der Waals surface area contributed by atoms with Crippen molar-refractivity contribution in [1.82, 2.24) is 0 Å². The molecule has 0 bridgehead atoms. The molecule has 0 radical (unpaired) electrons. The predicted octanol–water partition coefficient (Wildman–Crippen LogP) is 4.87. The van der Waals surface area contributed by atoms with Crippen LogP contribution in [-0.4, -0.2) is 15.8 Å². The van der Waals surface area contributed by atoms with Crippen molar-refractivity contribution in [2.24, 2.45) is 0 Å². The summed E-state index contributed by atoms with van der Waals surface area (Å²) >= 11 is 0.478. The fourth-order valence-corrected chi connectivity index (χ4v) is 1.44. The first-order valence-electron chi connectivity index (χ1n) is 4.38. The Morgan fingerprint density at radius 3 is 1.53 bits per heavy atom. The van der Waals surface area contributed by atoms with Gasteiger partial charge in [-0.15, -0.1) is 0 Å². The molecule has 0 fully saturated rings. The first kappa shape index (κ1) is 15.3. The lowest BCUT2D eigenvalue weighted by atomic mass is 10.00. The molecule has 0 nitrogen and oxygen atoms in total. The highest BCUT2D eigenvalue weighted by Crippen LogP contribution is 2.52. The summed E-state index contributed by atoms with van der Waals surface area (Å²) in [5.41, 5.74) is 0. The minimum Gasteiger partial charge on any atom is -0.169 e. The van der Waals surface area contributed by atoms with E-state index in [1.54, 1.807) is 6.92 Å². The Hall–Kier alpha value is 0.310. The lowest BCUT2D eigenvalue weighted by Crippen LogP contribution is -2.51. The summed E-state index contributed by atoms with van der Waals surface area (Å²) in [5.74, 6) is 0. The summed E-state index contributed by atoms with van der Waals surface area (Å²) in [6, 6.07) is 0. The molecular formula is C8H11F6I. The van der Waals surface area contributed by atoms with Gasteiger partial charge in [0.25, 0.3) is 0 Å². The Kier molecular flexibility index (Phi) is 5.20. The number of hydrogen-bond acceptors (Lipinski definition) is 0. The third-order valence-corrected chi connectivity index (χ3v) is 3.79. The fraction of sp³-hybridized carbons (Fsp3) is 1.00. The Balaban J connectivity index is 4.74. The Bertz CT molecular complexity index is 180. The van der Waals surface area contributed by atoms with Gasteiger partial charge in [0.15, 0.2) is 0 Å². The second kappa shape index (κ2) is 5.09. The van der Waals surface area contributed by atoms with Crippen molar-refractivity contribution >= 4 is 22.6 Å². The highest BCUT2D eigenvalue weighted by Gasteiger charge is 2.68. The van der Waals surface area contributed by atoms with Crippen LogP contribution in [0.15, 0.2) is 0 Å². The molecule has 0 spiro atoms. The van der Waals surface area contributed by atoms with Gasteiger partial charge in [0.1, 0.15) is 0 Å².